The van der Waals surface area contributed by atoms with Gasteiger partial charge in [-0.05, 0) is 12.1 Å². The van der Waals surface area contributed by atoms with Gasteiger partial charge >= 0.3 is 0 Å². The molecule has 0 aliphatic heterocycles. The lowest BCUT2D eigenvalue weighted by molar-refractivity contribution is 0.112. The van der Waals surface area contributed by atoms with E-state index >= 15 is 0 Å². The number of fused-ring (bicyclic) bond motifs is 1. The molecular weight excluding hydrogens is 182 g/mol. The Labute approximate surface area is 81.0 Å². The summed E-state index contributed by atoms with van der Waals surface area (Å²) >= 11 is 4.11. The molecule has 0 bridgehead atoms. The first-order chi connectivity index (χ1) is 6.31. The highest BCUT2D eigenvalue weighted by atomic mass is 32.1. The van der Waals surface area contributed by atoms with Crippen molar-refractivity contribution in [3.8, 4) is 0 Å². The maximum atomic E-state index is 10.6. The molecule has 0 N–H and O–H groups in total. The van der Waals surface area contributed by atoms with Crippen LogP contribution in [0.25, 0.3) is 10.9 Å². The zero-order chi connectivity index (χ0) is 9.26. The summed E-state index contributed by atoms with van der Waals surface area (Å²) in [6.45, 7) is 0. The Morgan fingerprint density at radius 2 is 2.08 bits per heavy atom. The van der Waals surface area contributed by atoms with Gasteiger partial charge in [0.25, 0.3) is 0 Å². The fourth-order valence-corrected chi connectivity index (χ4v) is 1.43. The van der Waals surface area contributed by atoms with Crippen molar-refractivity contribution in [2.24, 2.45) is 0 Å². The largest absolute Gasteiger partial charge is 0.298 e. The molecule has 2 rings (SSSR count). The minimum Gasteiger partial charge on any atom is -0.298 e. The first-order valence-electron chi connectivity index (χ1n) is 3.85. The maximum absolute atomic E-state index is 10.6. The van der Waals surface area contributed by atoms with Crippen LogP contribution in [0.15, 0.2) is 35.4 Å². The van der Waals surface area contributed by atoms with E-state index in [1.165, 1.54) is 0 Å². The van der Waals surface area contributed by atoms with E-state index in [4.69, 9.17) is 0 Å². The molecule has 13 heavy (non-hydrogen) atoms. The van der Waals surface area contributed by atoms with Gasteiger partial charge in [-0.2, -0.15) is 0 Å². The average Bonchev–Trinajstić information content (AvgIpc) is 2.17. The number of carbonyl (C=O) groups is 1. The highest BCUT2D eigenvalue weighted by Gasteiger charge is 2.01. The van der Waals surface area contributed by atoms with Gasteiger partial charge in [0.05, 0.1) is 5.52 Å². The highest BCUT2D eigenvalue weighted by molar-refractivity contribution is 7.80. The zero-order valence-corrected chi connectivity index (χ0v) is 7.66. The van der Waals surface area contributed by atoms with Crippen molar-refractivity contribution in [3.05, 3.63) is 35.9 Å². The van der Waals surface area contributed by atoms with E-state index in [2.05, 4.69) is 17.6 Å². The van der Waals surface area contributed by atoms with E-state index in [0.717, 1.165) is 17.2 Å². The molecule has 0 unspecified atom stereocenters. The van der Waals surface area contributed by atoms with Gasteiger partial charge in [0.2, 0.25) is 0 Å². The van der Waals surface area contributed by atoms with Crippen LogP contribution in [-0.4, -0.2) is 11.3 Å². The normalized spacial score (nSPS) is 10.2. The number of carbonyl (C=O) groups excluding carboxylic acids is 1. The van der Waals surface area contributed by atoms with E-state index in [1.807, 2.05) is 24.3 Å². The summed E-state index contributed by atoms with van der Waals surface area (Å²) in [6.07, 6.45) is 0.766. The molecule has 2 nitrogen and oxygen atoms in total. The van der Waals surface area contributed by atoms with Crippen molar-refractivity contribution in [2.45, 2.75) is 5.03 Å². The molecule has 0 fully saturated rings. The van der Waals surface area contributed by atoms with E-state index in [9.17, 15) is 4.79 Å². The minimum absolute atomic E-state index is 0.480. The topological polar surface area (TPSA) is 30.0 Å². The number of rotatable bonds is 1. The summed E-state index contributed by atoms with van der Waals surface area (Å²) in [7, 11) is 0. The fraction of sp³-hybridized carbons (Fsp3) is 0. The first-order valence-corrected chi connectivity index (χ1v) is 4.30. The Kier molecular flexibility index (Phi) is 2.02. The second-order valence-corrected chi connectivity index (χ2v) is 3.14. The van der Waals surface area contributed by atoms with Crippen molar-refractivity contribution in [1.29, 1.82) is 0 Å². The third kappa shape index (κ3) is 1.42. The number of pyridine rings is 1. The van der Waals surface area contributed by atoms with Gasteiger partial charge in [-0.15, -0.1) is 12.6 Å². The first kappa shape index (κ1) is 8.26. The van der Waals surface area contributed by atoms with Gasteiger partial charge < -0.3 is 0 Å². The van der Waals surface area contributed by atoms with Crippen LogP contribution in [-0.2, 0) is 0 Å². The van der Waals surface area contributed by atoms with Gasteiger partial charge in [0.15, 0.2) is 6.29 Å². The number of hydrogen-bond acceptors (Lipinski definition) is 3. The van der Waals surface area contributed by atoms with Crippen LogP contribution in [0.2, 0.25) is 0 Å². The van der Waals surface area contributed by atoms with Gasteiger partial charge in [-0.1, -0.05) is 18.2 Å². The highest BCUT2D eigenvalue weighted by Crippen LogP contribution is 2.17. The number of nitrogens with zero attached hydrogens (tertiary/aromatic N) is 1. The Bertz CT molecular complexity index is 467. The zero-order valence-electron chi connectivity index (χ0n) is 6.77. The molecule has 1 aromatic carbocycles. The summed E-state index contributed by atoms with van der Waals surface area (Å²) in [5, 5.41) is 1.44. The molecule has 0 radical (unpaired) electrons. The molecule has 0 saturated carbocycles. The number of aromatic nitrogens is 1. The number of thiol groups is 1. The second kappa shape index (κ2) is 3.18. The standard InChI is InChI=1S/C10H7NOS/c12-6-8-5-7-3-1-2-4-9(7)11-10(8)13/h1-6H,(H,11,13). The lowest BCUT2D eigenvalue weighted by Gasteiger charge is -1.99. The Morgan fingerprint density at radius 3 is 2.85 bits per heavy atom. The average molecular weight is 189 g/mol. The van der Waals surface area contributed by atoms with Gasteiger partial charge in [-0.3, -0.25) is 4.79 Å². The van der Waals surface area contributed by atoms with E-state index in [1.54, 1.807) is 6.07 Å². The molecule has 3 heteroatoms. The molecule has 0 spiro atoms. The summed E-state index contributed by atoms with van der Waals surface area (Å²) in [6, 6.07) is 9.42. The van der Waals surface area contributed by atoms with Gasteiger partial charge in [-0.25, -0.2) is 4.98 Å². The molecule has 64 valence electrons. The van der Waals surface area contributed by atoms with Crippen molar-refractivity contribution in [3.63, 3.8) is 0 Å². The van der Waals surface area contributed by atoms with Gasteiger partial charge in [0.1, 0.15) is 5.03 Å². The number of hydrogen-bond donors (Lipinski definition) is 1. The number of aldehydes is 1. The molecule has 0 saturated heterocycles. The molecule has 0 amide bonds. The Hall–Kier alpha value is -1.35. The van der Waals surface area contributed by atoms with Crippen LogP contribution >= 0.6 is 12.6 Å². The minimum atomic E-state index is 0.480. The third-order valence-corrected chi connectivity index (χ3v) is 2.22. The Morgan fingerprint density at radius 1 is 1.31 bits per heavy atom. The van der Waals surface area contributed by atoms with E-state index in [0.29, 0.717) is 10.6 Å². The van der Waals surface area contributed by atoms with E-state index < -0.39 is 0 Å². The van der Waals surface area contributed by atoms with Crippen LogP contribution in [0.5, 0.6) is 0 Å². The molecule has 1 aromatic heterocycles. The summed E-state index contributed by atoms with van der Waals surface area (Å²) < 4.78 is 0. The molecule has 0 atom stereocenters. The summed E-state index contributed by atoms with van der Waals surface area (Å²) in [5.74, 6) is 0. The SMILES string of the molecule is O=Cc1cc2ccccc2nc1S. The smallest absolute Gasteiger partial charge is 0.152 e. The maximum Gasteiger partial charge on any atom is 0.152 e. The van der Waals surface area contributed by atoms with Gasteiger partial charge in [0, 0.05) is 10.9 Å². The van der Waals surface area contributed by atoms with Crippen molar-refractivity contribution in [2.75, 3.05) is 0 Å². The van der Waals surface area contributed by atoms with Crippen LogP contribution in [0.1, 0.15) is 10.4 Å². The number of para-hydroxylation sites is 1. The van der Waals surface area contributed by atoms with Crippen molar-refractivity contribution >= 4 is 29.8 Å². The predicted octanol–water partition coefficient (Wildman–Crippen LogP) is 2.34. The molecule has 2 aromatic rings. The quantitative estimate of drug-likeness (QED) is 0.551. The molecule has 1 heterocycles. The third-order valence-electron chi connectivity index (χ3n) is 1.86. The molecule has 0 aliphatic carbocycles. The predicted molar refractivity (Wildman–Crippen MR) is 54.4 cm³/mol. The fourth-order valence-electron chi connectivity index (χ4n) is 1.21. The second-order valence-electron chi connectivity index (χ2n) is 2.71. The van der Waals surface area contributed by atoms with Crippen LogP contribution in [0.3, 0.4) is 0 Å². The van der Waals surface area contributed by atoms with Crippen LogP contribution in [0, 0.1) is 0 Å². The molecule has 0 aliphatic rings. The molecular formula is C10H7NOS. The summed E-state index contributed by atoms with van der Waals surface area (Å²) in [4.78, 5) is 14.8. The lowest BCUT2D eigenvalue weighted by atomic mass is 10.2. The summed E-state index contributed by atoms with van der Waals surface area (Å²) in [5.41, 5.74) is 1.39. The van der Waals surface area contributed by atoms with Crippen molar-refractivity contribution in [1.82, 2.24) is 4.98 Å². The van der Waals surface area contributed by atoms with Crippen LogP contribution in [0.4, 0.5) is 0 Å². The van der Waals surface area contributed by atoms with E-state index in [-0.39, 0.29) is 0 Å². The Balaban J connectivity index is 2.81. The monoisotopic (exact) mass is 189 g/mol. The number of benzene rings is 1. The van der Waals surface area contributed by atoms with Crippen molar-refractivity contribution < 1.29 is 4.79 Å². The lowest BCUT2D eigenvalue weighted by Crippen LogP contribution is -1.88. The van der Waals surface area contributed by atoms with Crippen LogP contribution < -0.4 is 0 Å².